The van der Waals surface area contributed by atoms with Gasteiger partial charge in [0, 0.05) is 19.3 Å². The molecule has 0 saturated heterocycles. The number of ether oxygens (including phenoxy) is 1. The SMILES string of the molecule is CCC(=O)CCC(C)=O.Fc1cccc(F)c1COc1ccccc1. The maximum atomic E-state index is 13.2. The van der Waals surface area contributed by atoms with Crippen LogP contribution in [0.4, 0.5) is 8.78 Å². The van der Waals surface area contributed by atoms with Crippen LogP contribution >= 0.6 is 0 Å². The molecule has 3 nitrogen and oxygen atoms in total. The molecule has 0 aliphatic heterocycles. The van der Waals surface area contributed by atoms with Crippen molar-refractivity contribution >= 4 is 11.6 Å². The monoisotopic (exact) mass is 348 g/mol. The second-order valence-corrected chi connectivity index (χ2v) is 5.40. The Labute approximate surface area is 146 Å². The van der Waals surface area contributed by atoms with Crippen molar-refractivity contribution < 1.29 is 23.1 Å². The van der Waals surface area contributed by atoms with Gasteiger partial charge in [-0.2, -0.15) is 0 Å². The zero-order valence-electron chi connectivity index (χ0n) is 14.4. The minimum atomic E-state index is -0.587. The predicted octanol–water partition coefficient (Wildman–Crippen LogP) is 4.88. The van der Waals surface area contributed by atoms with Crippen molar-refractivity contribution in [1.29, 1.82) is 0 Å². The summed E-state index contributed by atoms with van der Waals surface area (Å²) in [6.45, 7) is 3.20. The van der Waals surface area contributed by atoms with Crippen molar-refractivity contribution in [2.45, 2.75) is 39.7 Å². The van der Waals surface area contributed by atoms with Gasteiger partial charge in [-0.3, -0.25) is 4.79 Å². The Kier molecular flexibility index (Phi) is 9.07. The molecule has 25 heavy (non-hydrogen) atoms. The second-order valence-electron chi connectivity index (χ2n) is 5.40. The lowest BCUT2D eigenvalue weighted by atomic mass is 10.1. The van der Waals surface area contributed by atoms with Crippen molar-refractivity contribution in [2.24, 2.45) is 0 Å². The molecule has 0 N–H and O–H groups in total. The molecule has 0 saturated carbocycles. The van der Waals surface area contributed by atoms with E-state index in [-0.39, 0.29) is 23.7 Å². The van der Waals surface area contributed by atoms with E-state index in [0.29, 0.717) is 25.0 Å². The summed E-state index contributed by atoms with van der Waals surface area (Å²) in [6.07, 6.45) is 1.38. The van der Waals surface area contributed by atoms with Crippen molar-refractivity contribution in [3.05, 3.63) is 65.7 Å². The Balaban J connectivity index is 0.000000299. The van der Waals surface area contributed by atoms with Crippen LogP contribution < -0.4 is 4.74 Å². The van der Waals surface area contributed by atoms with Crippen LogP contribution in [0.3, 0.4) is 0 Å². The van der Waals surface area contributed by atoms with Crippen LogP contribution in [-0.2, 0) is 16.2 Å². The molecule has 0 radical (unpaired) electrons. The fraction of sp³-hybridized carbons (Fsp3) is 0.300. The highest BCUT2D eigenvalue weighted by Gasteiger charge is 2.08. The highest BCUT2D eigenvalue weighted by molar-refractivity contribution is 5.84. The molecular formula is C20H22F2O3. The molecule has 2 rings (SSSR count). The number of hydrogen-bond donors (Lipinski definition) is 0. The zero-order chi connectivity index (χ0) is 18.7. The van der Waals surface area contributed by atoms with Crippen LogP contribution in [0.5, 0.6) is 5.75 Å². The van der Waals surface area contributed by atoms with Gasteiger partial charge in [0.1, 0.15) is 35.6 Å². The molecule has 2 aromatic rings. The summed E-state index contributed by atoms with van der Waals surface area (Å²) in [4.78, 5) is 20.9. The first-order valence-electron chi connectivity index (χ1n) is 8.06. The minimum absolute atomic E-state index is 0.0497. The van der Waals surface area contributed by atoms with Gasteiger partial charge in [0.25, 0.3) is 0 Å². The molecule has 0 spiro atoms. The van der Waals surface area contributed by atoms with Gasteiger partial charge in [0.15, 0.2) is 0 Å². The maximum absolute atomic E-state index is 13.2. The Morgan fingerprint density at radius 1 is 0.920 bits per heavy atom. The van der Waals surface area contributed by atoms with Crippen LogP contribution in [0.2, 0.25) is 0 Å². The number of para-hydroxylation sites is 1. The van der Waals surface area contributed by atoms with Crippen molar-refractivity contribution in [2.75, 3.05) is 0 Å². The lowest BCUT2D eigenvalue weighted by molar-refractivity contribution is -0.123. The molecule has 0 amide bonds. The molecule has 134 valence electrons. The summed E-state index contributed by atoms with van der Waals surface area (Å²) in [6, 6.07) is 12.7. The molecule has 0 bridgehead atoms. The number of carbonyl (C=O) groups excluding carboxylic acids is 2. The molecule has 0 aliphatic rings. The van der Waals surface area contributed by atoms with E-state index in [4.69, 9.17) is 4.74 Å². The molecule has 2 aromatic carbocycles. The van der Waals surface area contributed by atoms with E-state index in [1.165, 1.54) is 25.1 Å². The van der Waals surface area contributed by atoms with Gasteiger partial charge < -0.3 is 9.53 Å². The van der Waals surface area contributed by atoms with Gasteiger partial charge in [0.05, 0.1) is 5.56 Å². The molecule has 0 atom stereocenters. The van der Waals surface area contributed by atoms with Crippen LogP contribution in [0.25, 0.3) is 0 Å². The second kappa shape index (κ2) is 11.1. The third kappa shape index (κ3) is 8.20. The Morgan fingerprint density at radius 2 is 1.52 bits per heavy atom. The summed E-state index contributed by atoms with van der Waals surface area (Å²) in [5.41, 5.74) is -0.0497. The normalized spacial score (nSPS) is 9.76. The highest BCUT2D eigenvalue weighted by atomic mass is 19.1. The molecule has 0 aromatic heterocycles. The van der Waals surface area contributed by atoms with E-state index in [9.17, 15) is 18.4 Å². The first-order valence-corrected chi connectivity index (χ1v) is 8.06. The maximum Gasteiger partial charge on any atom is 0.133 e. The van der Waals surface area contributed by atoms with E-state index in [1.807, 2.05) is 13.0 Å². The van der Waals surface area contributed by atoms with Crippen molar-refractivity contribution in [1.82, 2.24) is 0 Å². The number of carbonyl (C=O) groups is 2. The van der Waals surface area contributed by atoms with Crippen LogP contribution in [-0.4, -0.2) is 11.6 Å². The average Bonchev–Trinajstić information content (AvgIpc) is 2.60. The molecule has 0 aliphatic carbocycles. The zero-order valence-corrected chi connectivity index (χ0v) is 14.4. The number of ketones is 2. The first-order chi connectivity index (χ1) is 11.9. The number of benzene rings is 2. The Morgan fingerprint density at radius 3 is 2.04 bits per heavy atom. The molecule has 5 heteroatoms. The van der Waals surface area contributed by atoms with E-state index >= 15 is 0 Å². The van der Waals surface area contributed by atoms with E-state index in [0.717, 1.165) is 0 Å². The predicted molar refractivity (Wildman–Crippen MR) is 92.3 cm³/mol. The summed E-state index contributed by atoms with van der Waals surface area (Å²) >= 11 is 0. The van der Waals surface area contributed by atoms with Gasteiger partial charge in [-0.1, -0.05) is 31.2 Å². The first kappa shape index (κ1) is 20.5. The topological polar surface area (TPSA) is 43.4 Å². The number of rotatable bonds is 7. The van der Waals surface area contributed by atoms with Crippen molar-refractivity contribution in [3.8, 4) is 5.75 Å². The summed E-state index contributed by atoms with van der Waals surface area (Å²) in [5.74, 6) is -0.320. The van der Waals surface area contributed by atoms with Crippen LogP contribution in [0, 0.1) is 11.6 Å². The quantitative estimate of drug-likeness (QED) is 0.716. The standard InChI is InChI=1S/C13H10F2O.C7H12O2/c14-12-7-4-8-13(15)11(12)9-16-10-5-2-1-3-6-10;1-3-7(9)5-4-6(2)8/h1-8H,9H2;3-5H2,1-2H3. The van der Waals surface area contributed by atoms with Gasteiger partial charge in [-0.05, 0) is 31.2 Å². The molecule has 0 fully saturated rings. The summed E-state index contributed by atoms with van der Waals surface area (Å²) in [7, 11) is 0. The van der Waals surface area contributed by atoms with Crippen LogP contribution in [0.15, 0.2) is 48.5 Å². The van der Waals surface area contributed by atoms with Gasteiger partial charge in [0.2, 0.25) is 0 Å². The van der Waals surface area contributed by atoms with Gasteiger partial charge >= 0.3 is 0 Å². The summed E-state index contributed by atoms with van der Waals surface area (Å²) < 4.78 is 31.7. The lowest BCUT2D eigenvalue weighted by Crippen LogP contribution is -2.01. The third-order valence-corrected chi connectivity index (χ3v) is 3.34. The molecule has 0 heterocycles. The fourth-order valence-corrected chi connectivity index (χ4v) is 1.83. The number of hydrogen-bond acceptors (Lipinski definition) is 3. The van der Waals surface area contributed by atoms with Gasteiger partial charge in [-0.25, -0.2) is 8.78 Å². The number of Topliss-reactive ketones (excluding diaryl/α,β-unsaturated/α-hetero) is 2. The summed E-state index contributed by atoms with van der Waals surface area (Å²) in [5, 5.41) is 0. The largest absolute Gasteiger partial charge is 0.489 e. The van der Waals surface area contributed by atoms with Crippen molar-refractivity contribution in [3.63, 3.8) is 0 Å². The molecular weight excluding hydrogens is 326 g/mol. The lowest BCUT2D eigenvalue weighted by Gasteiger charge is -2.07. The minimum Gasteiger partial charge on any atom is -0.489 e. The fourth-order valence-electron chi connectivity index (χ4n) is 1.83. The smallest absolute Gasteiger partial charge is 0.133 e. The Hall–Kier alpha value is -2.56. The highest BCUT2D eigenvalue weighted by Crippen LogP contribution is 2.16. The molecule has 0 unspecified atom stereocenters. The Bertz CT molecular complexity index is 664. The average molecular weight is 348 g/mol. The van der Waals surface area contributed by atoms with Gasteiger partial charge in [-0.15, -0.1) is 0 Å². The van der Waals surface area contributed by atoms with E-state index in [2.05, 4.69) is 0 Å². The third-order valence-electron chi connectivity index (χ3n) is 3.34. The van der Waals surface area contributed by atoms with E-state index < -0.39 is 11.6 Å². The van der Waals surface area contributed by atoms with Crippen LogP contribution in [0.1, 0.15) is 38.7 Å². The van der Waals surface area contributed by atoms with E-state index in [1.54, 1.807) is 24.3 Å². The number of halogens is 2.